The molecule has 0 unspecified atom stereocenters. The number of aliphatic hydroxyl groups is 1. The Balaban J connectivity index is 2.20. The molecule has 0 bridgehead atoms. The molecule has 0 saturated carbocycles. The van der Waals surface area contributed by atoms with Crippen molar-refractivity contribution in [2.24, 2.45) is 0 Å². The van der Waals surface area contributed by atoms with Crippen molar-refractivity contribution in [1.82, 2.24) is 4.98 Å². The Bertz CT molecular complexity index is 496. The predicted molar refractivity (Wildman–Crippen MR) is 69.7 cm³/mol. The van der Waals surface area contributed by atoms with E-state index < -0.39 is 0 Å². The van der Waals surface area contributed by atoms with Crippen molar-refractivity contribution in [2.45, 2.75) is 20.0 Å². The first kappa shape index (κ1) is 11.8. The van der Waals surface area contributed by atoms with Gasteiger partial charge in [0.1, 0.15) is 0 Å². The minimum absolute atomic E-state index is 0.0286. The summed E-state index contributed by atoms with van der Waals surface area (Å²) in [6.45, 7) is 2.02. The highest BCUT2D eigenvalue weighted by Crippen LogP contribution is 2.21. The highest BCUT2D eigenvalue weighted by Gasteiger charge is 2.07. The van der Waals surface area contributed by atoms with E-state index in [0.29, 0.717) is 0 Å². The molecule has 0 aliphatic heterocycles. The summed E-state index contributed by atoms with van der Waals surface area (Å²) in [6, 6.07) is 8.21. The number of halogens is 1. The second-order valence-electron chi connectivity index (χ2n) is 3.58. The van der Waals surface area contributed by atoms with Crippen LogP contribution in [0.2, 0.25) is 0 Å². The van der Waals surface area contributed by atoms with Gasteiger partial charge in [0, 0.05) is 15.8 Å². The van der Waals surface area contributed by atoms with Crippen LogP contribution >= 0.6 is 27.3 Å². The highest BCUT2D eigenvalue weighted by molar-refractivity contribution is 9.10. The van der Waals surface area contributed by atoms with Crippen molar-refractivity contribution in [3.05, 3.63) is 49.9 Å². The van der Waals surface area contributed by atoms with Crippen molar-refractivity contribution in [1.29, 1.82) is 0 Å². The lowest BCUT2D eigenvalue weighted by Crippen LogP contribution is -1.89. The molecule has 16 heavy (non-hydrogen) atoms. The molecule has 1 N–H and O–H groups in total. The lowest BCUT2D eigenvalue weighted by Gasteiger charge is -1.98. The van der Waals surface area contributed by atoms with Crippen molar-refractivity contribution in [3.8, 4) is 0 Å². The Morgan fingerprint density at radius 1 is 1.44 bits per heavy atom. The zero-order valence-electron chi connectivity index (χ0n) is 8.90. The lowest BCUT2D eigenvalue weighted by atomic mass is 10.2. The SMILES string of the molecule is Cc1sc(Cc2cccc(Br)c2)nc1CO. The van der Waals surface area contributed by atoms with E-state index in [4.69, 9.17) is 5.11 Å². The van der Waals surface area contributed by atoms with E-state index in [1.54, 1.807) is 11.3 Å². The van der Waals surface area contributed by atoms with Crippen LogP contribution in [0.1, 0.15) is 21.1 Å². The molecular formula is C12H12BrNOS. The molecule has 0 amide bonds. The van der Waals surface area contributed by atoms with E-state index in [9.17, 15) is 0 Å². The van der Waals surface area contributed by atoms with Gasteiger partial charge in [-0.25, -0.2) is 4.98 Å². The van der Waals surface area contributed by atoms with Crippen molar-refractivity contribution >= 4 is 27.3 Å². The minimum Gasteiger partial charge on any atom is -0.390 e. The molecule has 1 heterocycles. The van der Waals surface area contributed by atoms with Crippen LogP contribution in [0.15, 0.2) is 28.7 Å². The topological polar surface area (TPSA) is 33.1 Å². The summed E-state index contributed by atoms with van der Waals surface area (Å²) in [4.78, 5) is 5.51. The number of thiazole rings is 1. The maximum Gasteiger partial charge on any atom is 0.0975 e. The third-order valence-corrected chi connectivity index (χ3v) is 3.84. The van der Waals surface area contributed by atoms with Crippen molar-refractivity contribution in [3.63, 3.8) is 0 Å². The zero-order chi connectivity index (χ0) is 11.5. The summed E-state index contributed by atoms with van der Waals surface area (Å²) in [5, 5.41) is 10.1. The molecule has 0 aliphatic rings. The Labute approximate surface area is 107 Å². The van der Waals surface area contributed by atoms with Crippen LogP contribution < -0.4 is 0 Å². The predicted octanol–water partition coefficient (Wildman–Crippen LogP) is 3.30. The van der Waals surface area contributed by atoms with Crippen LogP contribution in [-0.2, 0) is 13.0 Å². The third kappa shape index (κ3) is 2.70. The molecule has 1 aromatic heterocycles. The van der Waals surface area contributed by atoms with Gasteiger partial charge < -0.3 is 5.11 Å². The summed E-state index contributed by atoms with van der Waals surface area (Å²) in [5.41, 5.74) is 2.03. The van der Waals surface area contributed by atoms with Gasteiger partial charge in [-0.1, -0.05) is 28.1 Å². The van der Waals surface area contributed by atoms with E-state index in [-0.39, 0.29) is 6.61 Å². The molecule has 0 atom stereocenters. The maximum absolute atomic E-state index is 9.08. The fourth-order valence-corrected chi connectivity index (χ4v) is 2.95. The van der Waals surface area contributed by atoms with E-state index in [0.717, 1.165) is 26.5 Å². The zero-order valence-corrected chi connectivity index (χ0v) is 11.3. The summed E-state index contributed by atoms with van der Waals surface area (Å²) in [5.74, 6) is 0. The number of aromatic nitrogens is 1. The standard InChI is InChI=1S/C12H12BrNOS/c1-8-11(7-15)14-12(16-8)6-9-3-2-4-10(13)5-9/h2-5,15H,6-7H2,1H3. The van der Waals surface area contributed by atoms with E-state index >= 15 is 0 Å². The minimum atomic E-state index is 0.0286. The van der Waals surface area contributed by atoms with E-state index in [1.165, 1.54) is 5.56 Å². The van der Waals surface area contributed by atoms with Gasteiger partial charge in [-0.3, -0.25) is 0 Å². The van der Waals surface area contributed by atoms with Gasteiger partial charge >= 0.3 is 0 Å². The van der Waals surface area contributed by atoms with Gasteiger partial charge in [0.25, 0.3) is 0 Å². The Hall–Kier alpha value is -0.710. The Kier molecular flexibility index (Phi) is 3.74. The fourth-order valence-electron chi connectivity index (χ4n) is 1.53. The molecule has 0 saturated heterocycles. The number of nitrogens with zero attached hydrogens (tertiary/aromatic N) is 1. The molecule has 2 aromatic rings. The number of hydrogen-bond acceptors (Lipinski definition) is 3. The van der Waals surface area contributed by atoms with Gasteiger partial charge in [-0.05, 0) is 24.6 Å². The summed E-state index contributed by atoms with van der Waals surface area (Å²) in [6.07, 6.45) is 0.824. The second kappa shape index (κ2) is 5.08. The Morgan fingerprint density at radius 2 is 2.25 bits per heavy atom. The quantitative estimate of drug-likeness (QED) is 0.943. The van der Waals surface area contributed by atoms with Crippen molar-refractivity contribution < 1.29 is 5.11 Å². The van der Waals surface area contributed by atoms with Gasteiger partial charge in [0.05, 0.1) is 17.3 Å². The molecule has 0 fully saturated rings. The van der Waals surface area contributed by atoms with E-state index in [1.807, 2.05) is 19.1 Å². The molecule has 0 radical (unpaired) electrons. The van der Waals surface area contributed by atoms with Gasteiger partial charge in [0.15, 0.2) is 0 Å². The van der Waals surface area contributed by atoms with Crippen LogP contribution in [0.3, 0.4) is 0 Å². The normalized spacial score (nSPS) is 10.7. The molecule has 0 spiro atoms. The fraction of sp³-hybridized carbons (Fsp3) is 0.250. The first-order valence-corrected chi connectivity index (χ1v) is 6.60. The molecule has 84 valence electrons. The highest BCUT2D eigenvalue weighted by atomic mass is 79.9. The van der Waals surface area contributed by atoms with Gasteiger partial charge in [-0.2, -0.15) is 0 Å². The first-order valence-electron chi connectivity index (χ1n) is 4.99. The third-order valence-electron chi connectivity index (χ3n) is 2.33. The molecule has 2 rings (SSSR count). The average molecular weight is 298 g/mol. The molecular weight excluding hydrogens is 286 g/mol. The van der Waals surface area contributed by atoms with Crippen LogP contribution in [0.5, 0.6) is 0 Å². The lowest BCUT2D eigenvalue weighted by molar-refractivity contribution is 0.276. The average Bonchev–Trinajstić information content (AvgIpc) is 2.58. The smallest absolute Gasteiger partial charge is 0.0975 e. The summed E-state index contributed by atoms with van der Waals surface area (Å²) < 4.78 is 1.08. The van der Waals surface area contributed by atoms with Gasteiger partial charge in [0.2, 0.25) is 0 Å². The summed E-state index contributed by atoms with van der Waals surface area (Å²) in [7, 11) is 0. The number of aliphatic hydroxyl groups excluding tert-OH is 1. The molecule has 4 heteroatoms. The monoisotopic (exact) mass is 297 g/mol. The molecule has 1 aromatic carbocycles. The van der Waals surface area contributed by atoms with Crippen LogP contribution in [0, 0.1) is 6.92 Å². The van der Waals surface area contributed by atoms with Gasteiger partial charge in [-0.15, -0.1) is 11.3 Å². The summed E-state index contributed by atoms with van der Waals surface area (Å²) >= 11 is 5.11. The number of benzene rings is 1. The van der Waals surface area contributed by atoms with Crippen LogP contribution in [0.4, 0.5) is 0 Å². The first-order chi connectivity index (χ1) is 7.69. The van der Waals surface area contributed by atoms with Crippen LogP contribution in [-0.4, -0.2) is 10.1 Å². The second-order valence-corrected chi connectivity index (χ2v) is 5.78. The maximum atomic E-state index is 9.08. The molecule has 2 nitrogen and oxygen atoms in total. The molecule has 0 aliphatic carbocycles. The largest absolute Gasteiger partial charge is 0.390 e. The Morgan fingerprint density at radius 3 is 2.88 bits per heavy atom. The van der Waals surface area contributed by atoms with Crippen molar-refractivity contribution in [2.75, 3.05) is 0 Å². The van der Waals surface area contributed by atoms with Crippen LogP contribution in [0.25, 0.3) is 0 Å². The number of rotatable bonds is 3. The number of aryl methyl sites for hydroxylation is 1. The number of hydrogen-bond donors (Lipinski definition) is 1. The van der Waals surface area contributed by atoms with E-state index in [2.05, 4.69) is 33.0 Å².